The molecule has 1 saturated heterocycles. The Morgan fingerprint density at radius 2 is 1.84 bits per heavy atom. The second kappa shape index (κ2) is 7.09. The van der Waals surface area contributed by atoms with Crippen LogP contribution in [0.5, 0.6) is 11.5 Å². The van der Waals surface area contributed by atoms with Gasteiger partial charge in [-0.1, -0.05) is 0 Å². The molecule has 31 heavy (non-hydrogen) atoms. The molecule has 2 aromatic heterocycles. The average Bonchev–Trinajstić information content (AvgIpc) is 3.55. The molecule has 162 valence electrons. The predicted octanol–water partition coefficient (Wildman–Crippen LogP) is 3.09. The van der Waals surface area contributed by atoms with Crippen LogP contribution >= 0.6 is 0 Å². The topological polar surface area (TPSA) is 74.0 Å². The van der Waals surface area contributed by atoms with Gasteiger partial charge in [-0.2, -0.15) is 9.61 Å². The maximum Gasteiger partial charge on any atom is 0.200 e. The number of fused-ring (bicyclic) bond motifs is 3. The second-order valence-electron chi connectivity index (χ2n) is 8.77. The zero-order chi connectivity index (χ0) is 21.0. The molecule has 2 aliphatic heterocycles. The number of ether oxygens (including phenoxy) is 3. The molecule has 0 amide bonds. The van der Waals surface area contributed by atoms with Crippen molar-refractivity contribution in [2.75, 3.05) is 38.8 Å². The number of aromatic nitrogens is 4. The van der Waals surface area contributed by atoms with Crippen molar-refractivity contribution in [1.82, 2.24) is 19.8 Å². The summed E-state index contributed by atoms with van der Waals surface area (Å²) in [5.41, 5.74) is 5.39. The monoisotopic (exact) mass is 421 g/mol. The fourth-order valence-corrected chi connectivity index (χ4v) is 5.15. The van der Waals surface area contributed by atoms with Crippen LogP contribution < -0.4 is 14.4 Å². The summed E-state index contributed by atoms with van der Waals surface area (Å²) in [6.45, 7) is 2.52. The van der Waals surface area contributed by atoms with Gasteiger partial charge in [0, 0.05) is 19.0 Å². The Bertz CT molecular complexity index is 1130. The molecule has 6 rings (SSSR count). The first-order valence-corrected chi connectivity index (χ1v) is 11.1. The van der Waals surface area contributed by atoms with Crippen LogP contribution in [0.3, 0.4) is 0 Å². The molecular weight excluding hydrogens is 394 g/mol. The van der Waals surface area contributed by atoms with E-state index in [2.05, 4.69) is 33.3 Å². The van der Waals surface area contributed by atoms with Gasteiger partial charge in [-0.25, -0.2) is 0 Å². The van der Waals surface area contributed by atoms with Gasteiger partial charge in [-0.05, 0) is 61.4 Å². The van der Waals surface area contributed by atoms with Crippen LogP contribution in [0.1, 0.15) is 48.4 Å². The Hall–Kier alpha value is -2.87. The summed E-state index contributed by atoms with van der Waals surface area (Å²) >= 11 is 0. The smallest absolute Gasteiger partial charge is 0.200 e. The predicted molar refractivity (Wildman–Crippen MR) is 115 cm³/mol. The van der Waals surface area contributed by atoms with Gasteiger partial charge in [0.2, 0.25) is 5.65 Å². The van der Waals surface area contributed by atoms with E-state index in [1.165, 1.54) is 24.0 Å². The minimum Gasteiger partial charge on any atom is -0.493 e. The van der Waals surface area contributed by atoms with Crippen molar-refractivity contribution in [3.8, 4) is 11.5 Å². The summed E-state index contributed by atoms with van der Waals surface area (Å²) in [4.78, 5) is 2.42. The van der Waals surface area contributed by atoms with E-state index in [1.807, 2.05) is 4.52 Å². The van der Waals surface area contributed by atoms with Crippen molar-refractivity contribution in [2.45, 2.75) is 43.6 Å². The molecule has 0 N–H and O–H groups in total. The van der Waals surface area contributed by atoms with Crippen molar-refractivity contribution in [3.63, 3.8) is 0 Å². The molecule has 0 unspecified atom stereocenters. The normalized spacial score (nSPS) is 20.1. The first kappa shape index (κ1) is 18.9. The molecule has 0 bridgehead atoms. The molecule has 1 aliphatic carbocycles. The highest BCUT2D eigenvalue weighted by atomic mass is 16.5. The molecule has 3 aliphatic rings. The van der Waals surface area contributed by atoms with Gasteiger partial charge in [0.15, 0.2) is 11.5 Å². The van der Waals surface area contributed by atoms with Crippen LogP contribution in [0.25, 0.3) is 5.65 Å². The fraction of sp³-hybridized carbons (Fsp3) is 0.522. The summed E-state index contributed by atoms with van der Waals surface area (Å²) in [6.07, 6.45) is 6.87. The Labute approximate surface area is 181 Å². The van der Waals surface area contributed by atoms with Crippen LogP contribution in [0.4, 0.5) is 5.69 Å². The van der Waals surface area contributed by atoms with Crippen molar-refractivity contribution in [1.29, 1.82) is 0 Å². The minimum absolute atomic E-state index is 0.278. The van der Waals surface area contributed by atoms with Crippen LogP contribution in [-0.4, -0.2) is 53.7 Å². The van der Waals surface area contributed by atoms with E-state index in [9.17, 15) is 0 Å². The molecule has 1 saturated carbocycles. The Morgan fingerprint density at radius 3 is 2.58 bits per heavy atom. The van der Waals surface area contributed by atoms with Gasteiger partial charge < -0.3 is 19.1 Å². The molecule has 4 heterocycles. The molecule has 3 aromatic rings. The van der Waals surface area contributed by atoms with E-state index in [0.717, 1.165) is 67.5 Å². The van der Waals surface area contributed by atoms with Gasteiger partial charge in [0.1, 0.15) is 6.33 Å². The highest BCUT2D eigenvalue weighted by Crippen LogP contribution is 2.46. The Morgan fingerprint density at radius 1 is 1.06 bits per heavy atom. The summed E-state index contributed by atoms with van der Waals surface area (Å²) in [7, 11) is 3.38. The lowest BCUT2D eigenvalue weighted by Crippen LogP contribution is -2.46. The molecule has 0 radical (unpaired) electrons. The van der Waals surface area contributed by atoms with Crippen molar-refractivity contribution >= 4 is 11.3 Å². The molecule has 0 atom stereocenters. The number of anilines is 1. The van der Waals surface area contributed by atoms with Crippen molar-refractivity contribution in [3.05, 3.63) is 41.3 Å². The van der Waals surface area contributed by atoms with Crippen molar-refractivity contribution in [2.24, 2.45) is 0 Å². The van der Waals surface area contributed by atoms with Crippen LogP contribution in [-0.2, 0) is 16.8 Å². The maximum atomic E-state index is 6.47. The molecule has 1 aromatic carbocycles. The highest BCUT2D eigenvalue weighted by Gasteiger charge is 2.42. The third-order valence-corrected chi connectivity index (χ3v) is 7.02. The number of hydrogen-bond acceptors (Lipinski definition) is 7. The lowest BCUT2D eigenvalue weighted by molar-refractivity contribution is -0.0767. The first-order valence-electron chi connectivity index (χ1n) is 11.1. The maximum absolute atomic E-state index is 6.47. The molecular formula is C23H27N5O3. The number of piperidine rings is 1. The van der Waals surface area contributed by atoms with Crippen LogP contribution in [0.2, 0.25) is 0 Å². The first-order chi connectivity index (χ1) is 15.2. The van der Waals surface area contributed by atoms with Crippen molar-refractivity contribution < 1.29 is 14.2 Å². The van der Waals surface area contributed by atoms with E-state index in [0.29, 0.717) is 5.92 Å². The summed E-state index contributed by atoms with van der Waals surface area (Å²) in [5.74, 6) is 2.13. The van der Waals surface area contributed by atoms with Gasteiger partial charge in [0.05, 0.1) is 37.8 Å². The number of methoxy groups -OCH3 is 2. The third kappa shape index (κ3) is 3.04. The number of nitrogens with zero attached hydrogens (tertiary/aromatic N) is 5. The number of benzene rings is 1. The largest absolute Gasteiger partial charge is 0.493 e. The molecule has 8 heteroatoms. The number of hydrogen-bond donors (Lipinski definition) is 0. The van der Waals surface area contributed by atoms with Gasteiger partial charge in [0.25, 0.3) is 0 Å². The number of rotatable bonds is 4. The Kier molecular flexibility index (Phi) is 4.31. The second-order valence-corrected chi connectivity index (χ2v) is 8.77. The Balaban J connectivity index is 1.32. The third-order valence-electron chi connectivity index (χ3n) is 7.02. The van der Waals surface area contributed by atoms with E-state index >= 15 is 0 Å². The fourth-order valence-electron chi connectivity index (χ4n) is 5.15. The van der Waals surface area contributed by atoms with Gasteiger partial charge >= 0.3 is 0 Å². The van der Waals surface area contributed by atoms with Gasteiger partial charge in [-0.15, -0.1) is 10.2 Å². The lowest BCUT2D eigenvalue weighted by atomic mass is 9.79. The zero-order valence-electron chi connectivity index (χ0n) is 18.0. The van der Waals surface area contributed by atoms with E-state index in [1.54, 1.807) is 20.5 Å². The molecule has 1 spiro atoms. The minimum atomic E-state index is -0.278. The quantitative estimate of drug-likeness (QED) is 0.641. The highest BCUT2D eigenvalue weighted by molar-refractivity contribution is 5.69. The summed E-state index contributed by atoms with van der Waals surface area (Å²) in [6, 6.07) is 6.47. The SMILES string of the molecule is COc1cc2c(cc1OC)C1(CCN(c3cc(C4CC4)nn4cnnc34)CC1)OCC2. The van der Waals surface area contributed by atoms with E-state index in [-0.39, 0.29) is 5.60 Å². The average molecular weight is 422 g/mol. The summed E-state index contributed by atoms with van der Waals surface area (Å²) < 4.78 is 19.4. The lowest BCUT2D eigenvalue weighted by Gasteiger charge is -2.45. The molecule has 2 fully saturated rings. The summed E-state index contributed by atoms with van der Waals surface area (Å²) in [5, 5.41) is 13.2. The van der Waals surface area contributed by atoms with Crippen LogP contribution in [0, 0.1) is 0 Å². The zero-order valence-corrected chi connectivity index (χ0v) is 18.0. The van der Waals surface area contributed by atoms with E-state index in [4.69, 9.17) is 19.3 Å². The van der Waals surface area contributed by atoms with Gasteiger partial charge in [-0.3, -0.25) is 0 Å². The molecule has 8 nitrogen and oxygen atoms in total. The van der Waals surface area contributed by atoms with Crippen LogP contribution in [0.15, 0.2) is 24.5 Å². The standard InChI is InChI=1S/C23H27N5O3/c1-29-20-11-16-5-10-31-23(17(16)12-21(20)30-2)6-8-27(9-7-23)19-13-18(15-3-4-15)26-28-14-24-25-22(19)28/h11-15H,3-10H2,1-2H3. The van der Waals surface area contributed by atoms with E-state index < -0.39 is 0 Å².